The Morgan fingerprint density at radius 3 is 1.21 bits per heavy atom. The molecule has 0 saturated carbocycles. The standard InChI is InChI=1S/C42H54O24S/c1-18(43)53-16-29-32(56-19(2)44)35(59-22(5)47)38(62-25(8)50)41(64-29)55-17-30-33(57-20(3)45)36(60-23(6)48)37(61-24(7)49)40(65-30)54-15-28-31(52)34(58-21(4)46)39(63-26(9)51)42(66-28)67-27-13-11-10-12-14-27/h10-14,28-42,52H,15-17H2,1-9H3/t28-,29-,30-,31-,32-,33-,34+,35+,36+,37-,38-,39-,40-,41-,42+/m1/s1. The van der Waals surface area contributed by atoms with E-state index in [0.717, 1.165) is 74.1 Å². The van der Waals surface area contributed by atoms with E-state index >= 15 is 0 Å². The molecule has 24 nitrogen and oxygen atoms in total. The topological polar surface area (TPSA) is 303 Å². The van der Waals surface area contributed by atoms with Crippen LogP contribution in [0.5, 0.6) is 0 Å². The maximum absolute atomic E-state index is 12.7. The van der Waals surface area contributed by atoms with Gasteiger partial charge >= 0.3 is 53.7 Å². The van der Waals surface area contributed by atoms with E-state index in [4.69, 9.17) is 66.3 Å². The molecule has 0 aromatic heterocycles. The van der Waals surface area contributed by atoms with Crippen molar-refractivity contribution >= 4 is 65.5 Å². The molecule has 0 unspecified atom stereocenters. The van der Waals surface area contributed by atoms with E-state index in [9.17, 15) is 48.3 Å². The second-order valence-corrected chi connectivity index (χ2v) is 16.3. The highest BCUT2D eigenvalue weighted by Gasteiger charge is 2.57. The molecule has 4 rings (SSSR count). The van der Waals surface area contributed by atoms with Gasteiger partial charge in [-0.2, -0.15) is 0 Å². The minimum atomic E-state index is -1.79. The first kappa shape index (κ1) is 54.2. The summed E-state index contributed by atoms with van der Waals surface area (Å²) in [4.78, 5) is 112. The zero-order valence-electron chi connectivity index (χ0n) is 37.9. The Bertz CT molecular complexity index is 1930. The number of benzene rings is 1. The predicted octanol–water partition coefficient (Wildman–Crippen LogP) is 0.364. The Hall–Kier alpha value is -5.44. The van der Waals surface area contributed by atoms with Crippen molar-refractivity contribution < 1.29 is 115 Å². The summed E-state index contributed by atoms with van der Waals surface area (Å²) in [5.74, 6) is -7.97. The van der Waals surface area contributed by atoms with Crippen molar-refractivity contribution in [3.63, 3.8) is 0 Å². The minimum Gasteiger partial charge on any atom is -0.463 e. The number of esters is 9. The predicted molar refractivity (Wildman–Crippen MR) is 217 cm³/mol. The third-order valence-electron chi connectivity index (χ3n) is 9.51. The molecule has 25 heteroatoms. The summed E-state index contributed by atoms with van der Waals surface area (Å²) < 4.78 is 79.8. The molecule has 1 aromatic carbocycles. The van der Waals surface area contributed by atoms with E-state index in [2.05, 4.69) is 0 Å². The number of aliphatic hydroxyl groups is 1. The van der Waals surface area contributed by atoms with Crippen LogP contribution < -0.4 is 0 Å². The second-order valence-electron chi connectivity index (χ2n) is 15.1. The van der Waals surface area contributed by atoms with Crippen LogP contribution in [0.4, 0.5) is 0 Å². The highest BCUT2D eigenvalue weighted by Crippen LogP contribution is 2.38. The van der Waals surface area contributed by atoms with Gasteiger partial charge in [0.2, 0.25) is 0 Å². The lowest BCUT2D eigenvalue weighted by Gasteiger charge is -2.47. The Balaban J connectivity index is 1.74. The molecule has 1 aromatic rings. The van der Waals surface area contributed by atoms with Crippen LogP contribution in [0.15, 0.2) is 35.2 Å². The SMILES string of the molecule is CC(=O)OC[C@H]1O[C@@H](OC[C@H]2O[C@@H](OC[C@H]3O[C@@H](Sc4ccccc4)[C@H](OC(C)=O)[C@@H](OC(C)=O)[C@@H]3O)[C@H](OC(C)=O)[C@@H](OC(C)=O)[C@@H]2OC(C)=O)[C@H](OC(C)=O)[C@@H](OC(C)=O)[C@@H]1OC(C)=O. The molecule has 3 fully saturated rings. The zero-order chi connectivity index (χ0) is 49.7. The molecule has 0 aliphatic carbocycles. The fourth-order valence-corrected chi connectivity index (χ4v) is 8.35. The first-order chi connectivity index (χ1) is 31.5. The highest BCUT2D eigenvalue weighted by atomic mass is 32.2. The summed E-state index contributed by atoms with van der Waals surface area (Å²) in [6.45, 7) is 7.38. The maximum Gasteiger partial charge on any atom is 0.303 e. The first-order valence-corrected chi connectivity index (χ1v) is 21.5. The normalized spacial score (nSPS) is 31.4. The summed E-state index contributed by atoms with van der Waals surface area (Å²) in [6.07, 6.45) is -22.6. The molecule has 1 N–H and O–H groups in total. The third kappa shape index (κ3) is 16.1. The molecule has 0 bridgehead atoms. The third-order valence-corrected chi connectivity index (χ3v) is 10.7. The lowest BCUT2D eigenvalue weighted by Crippen LogP contribution is -2.65. The van der Waals surface area contributed by atoms with E-state index in [-0.39, 0.29) is 0 Å². The summed E-state index contributed by atoms with van der Waals surface area (Å²) in [5.41, 5.74) is -1.13. The molecule has 3 aliphatic rings. The minimum absolute atomic E-state index is 0.595. The molecule has 372 valence electrons. The van der Waals surface area contributed by atoms with Crippen LogP contribution in [0.3, 0.4) is 0 Å². The molecular weight excluding hydrogens is 921 g/mol. The molecule has 15 atom stereocenters. The van der Waals surface area contributed by atoms with Crippen molar-refractivity contribution in [3.05, 3.63) is 30.3 Å². The van der Waals surface area contributed by atoms with Gasteiger partial charge in [-0.1, -0.05) is 30.0 Å². The second kappa shape index (κ2) is 25.1. The number of carbonyl (C=O) groups excluding carboxylic acids is 9. The number of thioether (sulfide) groups is 1. The van der Waals surface area contributed by atoms with Crippen LogP contribution in [-0.2, 0) is 109 Å². The lowest BCUT2D eigenvalue weighted by molar-refractivity contribution is -0.338. The van der Waals surface area contributed by atoms with Gasteiger partial charge < -0.3 is 71.4 Å². The summed E-state index contributed by atoms with van der Waals surface area (Å²) >= 11 is 1.07. The molecule has 0 amide bonds. The van der Waals surface area contributed by atoms with Gasteiger partial charge in [0.15, 0.2) is 61.4 Å². The van der Waals surface area contributed by atoms with Gasteiger partial charge in [0.05, 0.1) is 13.2 Å². The maximum atomic E-state index is 12.7. The fraction of sp³-hybridized carbons (Fsp3) is 0.643. The Morgan fingerprint density at radius 2 is 0.791 bits per heavy atom. The Kier molecular flexibility index (Phi) is 20.3. The summed E-state index contributed by atoms with van der Waals surface area (Å²) in [5, 5.41) is 11.6. The highest BCUT2D eigenvalue weighted by molar-refractivity contribution is 7.99. The van der Waals surface area contributed by atoms with Crippen molar-refractivity contribution in [3.8, 4) is 0 Å². The summed E-state index contributed by atoms with van der Waals surface area (Å²) in [6, 6.07) is 8.69. The van der Waals surface area contributed by atoms with Crippen molar-refractivity contribution in [2.75, 3.05) is 19.8 Å². The Morgan fingerprint density at radius 1 is 0.433 bits per heavy atom. The average molecular weight is 975 g/mol. The van der Waals surface area contributed by atoms with E-state index in [1.165, 1.54) is 0 Å². The average Bonchev–Trinajstić information content (AvgIpc) is 3.21. The van der Waals surface area contributed by atoms with Gasteiger partial charge in [0.1, 0.15) is 36.5 Å². The smallest absolute Gasteiger partial charge is 0.303 e. The number of aliphatic hydroxyl groups excluding tert-OH is 1. The fourth-order valence-electron chi connectivity index (χ4n) is 7.23. The van der Waals surface area contributed by atoms with Crippen molar-refractivity contribution in [2.45, 2.75) is 158 Å². The number of hydrogen-bond acceptors (Lipinski definition) is 25. The molecule has 3 aliphatic heterocycles. The molecular formula is C42H54O24S. The van der Waals surface area contributed by atoms with Gasteiger partial charge in [-0.25, -0.2) is 0 Å². The van der Waals surface area contributed by atoms with E-state index in [1.54, 1.807) is 30.3 Å². The van der Waals surface area contributed by atoms with Crippen LogP contribution in [-0.4, -0.2) is 170 Å². The molecule has 0 radical (unpaired) electrons. The largest absolute Gasteiger partial charge is 0.463 e. The van der Waals surface area contributed by atoms with Gasteiger partial charge in [-0.15, -0.1) is 0 Å². The van der Waals surface area contributed by atoms with Crippen LogP contribution in [0, 0.1) is 0 Å². The van der Waals surface area contributed by atoms with E-state index in [0.29, 0.717) is 4.90 Å². The van der Waals surface area contributed by atoms with Crippen LogP contribution >= 0.6 is 11.8 Å². The van der Waals surface area contributed by atoms with Crippen molar-refractivity contribution in [1.82, 2.24) is 0 Å². The molecule has 3 heterocycles. The quantitative estimate of drug-likeness (QED) is 0.153. The van der Waals surface area contributed by atoms with Crippen LogP contribution in [0.2, 0.25) is 0 Å². The molecule has 3 saturated heterocycles. The number of ether oxygens (including phenoxy) is 14. The van der Waals surface area contributed by atoms with Crippen molar-refractivity contribution in [2.24, 2.45) is 0 Å². The lowest BCUT2D eigenvalue weighted by atomic mass is 9.97. The number of rotatable bonds is 18. The zero-order valence-corrected chi connectivity index (χ0v) is 38.7. The number of hydrogen-bond donors (Lipinski definition) is 1. The van der Waals surface area contributed by atoms with Gasteiger partial charge in [0.25, 0.3) is 0 Å². The molecule has 67 heavy (non-hydrogen) atoms. The summed E-state index contributed by atoms with van der Waals surface area (Å²) in [7, 11) is 0. The van der Waals surface area contributed by atoms with Gasteiger partial charge in [-0.05, 0) is 12.1 Å². The first-order valence-electron chi connectivity index (χ1n) is 20.6. The van der Waals surface area contributed by atoms with E-state index in [1.807, 2.05) is 0 Å². The van der Waals surface area contributed by atoms with Crippen molar-refractivity contribution in [1.29, 1.82) is 0 Å². The monoisotopic (exact) mass is 974 g/mol. The Labute approximate surface area is 388 Å². The molecule has 0 spiro atoms. The van der Waals surface area contributed by atoms with Gasteiger partial charge in [-0.3, -0.25) is 43.2 Å². The number of carbonyl (C=O) groups is 9. The van der Waals surface area contributed by atoms with E-state index < -0.39 is 165 Å². The van der Waals surface area contributed by atoms with Gasteiger partial charge in [0, 0.05) is 67.2 Å². The van der Waals surface area contributed by atoms with Crippen LogP contribution in [0.25, 0.3) is 0 Å². The van der Waals surface area contributed by atoms with Crippen LogP contribution in [0.1, 0.15) is 62.3 Å².